The molecule has 2 aliphatic heterocycles. The van der Waals surface area contributed by atoms with Gasteiger partial charge in [-0.1, -0.05) is 0 Å². The van der Waals surface area contributed by atoms with E-state index in [0.29, 0.717) is 23.6 Å². The number of pyridine rings is 2. The van der Waals surface area contributed by atoms with E-state index >= 15 is 0 Å². The van der Waals surface area contributed by atoms with E-state index in [0.717, 1.165) is 41.3 Å². The summed E-state index contributed by atoms with van der Waals surface area (Å²) in [5.41, 5.74) is 3.59. The maximum absolute atomic E-state index is 9.57. The Morgan fingerprint density at radius 3 is 2.72 bits per heavy atom. The second-order valence-corrected chi connectivity index (χ2v) is 9.84. The van der Waals surface area contributed by atoms with Crippen LogP contribution in [0.4, 0.5) is 5.82 Å². The topological polar surface area (TPSA) is 107 Å². The summed E-state index contributed by atoms with van der Waals surface area (Å²) >= 11 is 0. The van der Waals surface area contributed by atoms with Crippen molar-refractivity contribution in [2.24, 2.45) is 5.41 Å². The molecule has 0 radical (unpaired) electrons. The molecule has 9 nitrogen and oxygen atoms in total. The average Bonchev–Trinajstić information content (AvgIpc) is 3.48. The molecule has 0 aliphatic carbocycles. The number of fused-ring (bicyclic) bond motifs is 1. The number of hydrogen-bond donors (Lipinski definition) is 1. The van der Waals surface area contributed by atoms with Crippen molar-refractivity contribution in [1.29, 1.82) is 5.26 Å². The summed E-state index contributed by atoms with van der Waals surface area (Å²) in [6.45, 7) is 11.4. The standard InChI is InChI=1S/C26H32N6O.CH2O2/c1-4-33-22-12-23(25-21(13-27)15-29-32(25)16-22)20-6-7-24(28-14-20)31-11-9-26(18-31)8-5-10-30(17-26)19(2)3;2-1-3/h6-7,12,14-16,19H,4-5,8-11,17-18H2,1-3H3;1H,(H,2,3). The highest BCUT2D eigenvalue weighted by atomic mass is 16.5. The number of hydrogen-bond acceptors (Lipinski definition) is 7. The fourth-order valence-corrected chi connectivity index (χ4v) is 5.53. The van der Waals surface area contributed by atoms with Crippen molar-refractivity contribution in [3.8, 4) is 22.9 Å². The summed E-state index contributed by atoms with van der Waals surface area (Å²) in [7, 11) is 0. The van der Waals surface area contributed by atoms with Crippen LogP contribution in [0, 0.1) is 16.7 Å². The molecule has 3 aromatic heterocycles. The zero-order chi connectivity index (χ0) is 25.7. The molecule has 2 fully saturated rings. The highest BCUT2D eigenvalue weighted by Crippen LogP contribution is 2.41. The number of ether oxygens (including phenoxy) is 1. The quantitative estimate of drug-likeness (QED) is 0.534. The molecule has 5 rings (SSSR count). The molecular weight excluding hydrogens is 456 g/mol. The van der Waals surface area contributed by atoms with Gasteiger partial charge in [0, 0.05) is 48.4 Å². The lowest BCUT2D eigenvalue weighted by molar-refractivity contribution is -0.122. The van der Waals surface area contributed by atoms with Gasteiger partial charge in [0.25, 0.3) is 6.47 Å². The van der Waals surface area contributed by atoms with Gasteiger partial charge in [-0.2, -0.15) is 10.4 Å². The van der Waals surface area contributed by atoms with Crippen LogP contribution in [0.5, 0.6) is 5.75 Å². The first-order chi connectivity index (χ1) is 17.4. The lowest BCUT2D eigenvalue weighted by atomic mass is 9.79. The number of rotatable bonds is 5. The highest BCUT2D eigenvalue weighted by Gasteiger charge is 2.42. The Hall–Kier alpha value is -3.64. The van der Waals surface area contributed by atoms with Crippen LogP contribution in [0.1, 0.15) is 45.6 Å². The van der Waals surface area contributed by atoms with Crippen molar-refractivity contribution < 1.29 is 14.6 Å². The number of nitrogens with zero attached hydrogens (tertiary/aromatic N) is 6. The van der Waals surface area contributed by atoms with E-state index in [4.69, 9.17) is 19.6 Å². The Kier molecular flexibility index (Phi) is 7.75. The lowest BCUT2D eigenvalue weighted by Crippen LogP contribution is -2.47. The minimum atomic E-state index is -0.250. The Morgan fingerprint density at radius 1 is 1.25 bits per heavy atom. The van der Waals surface area contributed by atoms with Gasteiger partial charge in [0.1, 0.15) is 17.6 Å². The minimum Gasteiger partial charge on any atom is -0.492 e. The van der Waals surface area contributed by atoms with Crippen molar-refractivity contribution in [2.45, 2.75) is 46.1 Å². The lowest BCUT2D eigenvalue weighted by Gasteiger charge is -2.42. The summed E-state index contributed by atoms with van der Waals surface area (Å²) in [6, 6.07) is 9.06. The molecule has 36 heavy (non-hydrogen) atoms. The third-order valence-corrected chi connectivity index (χ3v) is 7.26. The SMILES string of the molecule is CCOc1cc(-c2ccc(N3CCC4(CCCN(C(C)C)C4)C3)nc2)c2c(C#N)cnn2c1.O=CO. The number of piperidine rings is 1. The van der Waals surface area contributed by atoms with Crippen LogP contribution < -0.4 is 9.64 Å². The summed E-state index contributed by atoms with van der Waals surface area (Å²) < 4.78 is 7.46. The van der Waals surface area contributed by atoms with E-state index in [2.05, 4.69) is 46.9 Å². The molecule has 9 heteroatoms. The van der Waals surface area contributed by atoms with Crippen molar-refractivity contribution >= 4 is 17.8 Å². The molecule has 2 aliphatic rings. The second kappa shape index (κ2) is 11.0. The van der Waals surface area contributed by atoms with Crippen LogP contribution in [0.15, 0.2) is 36.8 Å². The monoisotopic (exact) mass is 490 g/mol. The van der Waals surface area contributed by atoms with Gasteiger partial charge in [-0.25, -0.2) is 9.50 Å². The molecule has 0 saturated carbocycles. The highest BCUT2D eigenvalue weighted by molar-refractivity contribution is 5.85. The fourth-order valence-electron chi connectivity index (χ4n) is 5.53. The molecule has 1 N–H and O–H groups in total. The average molecular weight is 491 g/mol. The third kappa shape index (κ3) is 5.14. The van der Waals surface area contributed by atoms with Crippen molar-refractivity contribution in [3.63, 3.8) is 0 Å². The van der Waals surface area contributed by atoms with Gasteiger partial charge in [-0.15, -0.1) is 0 Å². The van der Waals surface area contributed by atoms with Crippen molar-refractivity contribution in [3.05, 3.63) is 42.4 Å². The molecule has 0 amide bonds. The number of likely N-dealkylation sites (tertiary alicyclic amines) is 1. The maximum atomic E-state index is 9.57. The van der Waals surface area contributed by atoms with Crippen LogP contribution >= 0.6 is 0 Å². The maximum Gasteiger partial charge on any atom is 0.290 e. The molecular formula is C27H34N6O3. The smallest absolute Gasteiger partial charge is 0.290 e. The fraction of sp³-hybridized carbons (Fsp3) is 0.481. The van der Waals surface area contributed by atoms with Gasteiger partial charge >= 0.3 is 0 Å². The van der Waals surface area contributed by atoms with E-state index in [1.54, 1.807) is 10.7 Å². The van der Waals surface area contributed by atoms with E-state index in [-0.39, 0.29) is 6.47 Å². The van der Waals surface area contributed by atoms with Gasteiger partial charge in [-0.05, 0) is 64.8 Å². The normalized spacial score (nSPS) is 19.8. The van der Waals surface area contributed by atoms with Crippen LogP contribution in [-0.4, -0.2) is 69.9 Å². The van der Waals surface area contributed by atoms with Crippen LogP contribution in [0.2, 0.25) is 0 Å². The molecule has 0 bridgehead atoms. The zero-order valence-electron chi connectivity index (χ0n) is 21.2. The molecule has 1 atom stereocenters. The molecule has 3 aromatic rings. The number of anilines is 1. The van der Waals surface area contributed by atoms with Gasteiger partial charge in [0.2, 0.25) is 0 Å². The van der Waals surface area contributed by atoms with Crippen LogP contribution in [-0.2, 0) is 4.79 Å². The summed E-state index contributed by atoms with van der Waals surface area (Å²) in [5.74, 6) is 1.76. The van der Waals surface area contributed by atoms with Gasteiger partial charge in [0.05, 0.1) is 30.1 Å². The Morgan fingerprint density at radius 2 is 2.06 bits per heavy atom. The summed E-state index contributed by atoms with van der Waals surface area (Å²) in [6.07, 6.45) is 9.17. The van der Waals surface area contributed by atoms with Crippen molar-refractivity contribution in [1.82, 2.24) is 19.5 Å². The van der Waals surface area contributed by atoms with E-state index in [9.17, 15) is 5.26 Å². The second-order valence-electron chi connectivity index (χ2n) is 9.84. The number of carboxylic acid groups (broad SMARTS) is 1. The number of carbonyl (C=O) groups is 1. The summed E-state index contributed by atoms with van der Waals surface area (Å²) in [4.78, 5) is 18.3. The van der Waals surface area contributed by atoms with Gasteiger partial charge < -0.3 is 19.6 Å². The molecule has 190 valence electrons. The largest absolute Gasteiger partial charge is 0.492 e. The Bertz CT molecular complexity index is 1230. The predicted octanol–water partition coefficient (Wildman–Crippen LogP) is 4.07. The first-order valence-corrected chi connectivity index (χ1v) is 12.5. The molecule has 1 spiro atoms. The molecule has 2 saturated heterocycles. The van der Waals surface area contributed by atoms with E-state index < -0.39 is 0 Å². The Labute approximate surface area is 211 Å². The van der Waals surface area contributed by atoms with E-state index in [1.165, 1.54) is 32.4 Å². The predicted molar refractivity (Wildman–Crippen MR) is 138 cm³/mol. The first-order valence-electron chi connectivity index (χ1n) is 12.5. The van der Waals surface area contributed by atoms with Crippen LogP contribution in [0.25, 0.3) is 16.6 Å². The Balaban J connectivity index is 0.000000967. The van der Waals surface area contributed by atoms with Gasteiger partial charge in [-0.3, -0.25) is 4.79 Å². The van der Waals surface area contributed by atoms with Gasteiger partial charge in [0.15, 0.2) is 0 Å². The van der Waals surface area contributed by atoms with Crippen LogP contribution in [0.3, 0.4) is 0 Å². The number of aromatic nitrogens is 3. The molecule has 5 heterocycles. The van der Waals surface area contributed by atoms with E-state index in [1.807, 2.05) is 25.4 Å². The first kappa shape index (κ1) is 25.5. The third-order valence-electron chi connectivity index (χ3n) is 7.26. The van der Waals surface area contributed by atoms with Crippen molar-refractivity contribution in [2.75, 3.05) is 37.7 Å². The molecule has 1 unspecified atom stereocenters. The number of nitriles is 1. The summed E-state index contributed by atoms with van der Waals surface area (Å²) in [5, 5.41) is 20.8. The zero-order valence-corrected chi connectivity index (χ0v) is 21.2. The molecule has 0 aromatic carbocycles. The minimum absolute atomic E-state index is 0.250.